The Morgan fingerprint density at radius 2 is 2.00 bits per heavy atom. The molecule has 2 unspecified atom stereocenters. The Kier molecular flexibility index (Phi) is 7.48. The lowest BCUT2D eigenvalue weighted by Gasteiger charge is -2.32. The molecule has 1 rings (SSSR count). The minimum atomic E-state index is -3.03. The van der Waals surface area contributed by atoms with Crippen molar-refractivity contribution in [3.63, 3.8) is 0 Å². The third-order valence-corrected chi connectivity index (χ3v) is 5.88. The molecule has 1 saturated carbocycles. The zero-order valence-electron chi connectivity index (χ0n) is 13.6. The fraction of sp³-hybridized carbons (Fsp3) is 1.00. The summed E-state index contributed by atoms with van der Waals surface area (Å²) in [5, 5.41) is 3.62. The van der Waals surface area contributed by atoms with Crippen LogP contribution in [0, 0.1) is 11.8 Å². The molecule has 0 aromatic rings. The second-order valence-corrected chi connectivity index (χ2v) is 8.41. The number of hydrogen-bond acceptors (Lipinski definition) is 3. The van der Waals surface area contributed by atoms with E-state index in [2.05, 4.69) is 19.2 Å². The minimum Gasteiger partial charge on any atom is -0.314 e. The summed E-state index contributed by atoms with van der Waals surface area (Å²) in [5.41, 5.74) is 0. The van der Waals surface area contributed by atoms with Gasteiger partial charge in [0.2, 0.25) is 10.0 Å². The maximum absolute atomic E-state index is 11.5. The van der Waals surface area contributed by atoms with Crippen molar-refractivity contribution in [2.75, 3.05) is 25.9 Å². The molecule has 0 spiro atoms. The van der Waals surface area contributed by atoms with Crippen LogP contribution in [-0.2, 0) is 10.0 Å². The maximum Gasteiger partial charge on any atom is 0.211 e. The van der Waals surface area contributed by atoms with Gasteiger partial charge in [-0.05, 0) is 37.6 Å². The number of sulfonamides is 1. The van der Waals surface area contributed by atoms with Gasteiger partial charge >= 0.3 is 0 Å². The quantitative estimate of drug-likeness (QED) is 0.701. The lowest BCUT2D eigenvalue weighted by atomic mass is 9.79. The molecule has 1 fully saturated rings. The summed E-state index contributed by atoms with van der Waals surface area (Å²) in [7, 11) is -3.03. The van der Waals surface area contributed by atoms with E-state index < -0.39 is 10.0 Å². The first-order valence-corrected chi connectivity index (χ1v) is 9.88. The zero-order chi connectivity index (χ0) is 15.2. The van der Waals surface area contributed by atoms with Gasteiger partial charge in [-0.1, -0.05) is 33.6 Å². The van der Waals surface area contributed by atoms with Crippen LogP contribution in [0.1, 0.15) is 52.9 Å². The SMILES string of the molecule is CCN(CCCNC1CCCC(C(C)C)C1)S(C)(=O)=O. The van der Waals surface area contributed by atoms with Gasteiger partial charge in [-0.2, -0.15) is 0 Å². The Hall–Kier alpha value is -0.130. The summed E-state index contributed by atoms with van der Waals surface area (Å²) in [6, 6.07) is 0.629. The van der Waals surface area contributed by atoms with Gasteiger partial charge in [0.05, 0.1) is 6.26 Å². The molecule has 2 atom stereocenters. The van der Waals surface area contributed by atoms with Crippen LogP contribution in [-0.4, -0.2) is 44.7 Å². The Balaban J connectivity index is 2.24. The molecule has 4 nitrogen and oxygen atoms in total. The molecule has 0 saturated heterocycles. The fourth-order valence-corrected chi connectivity index (χ4v) is 4.07. The molecule has 1 aliphatic carbocycles. The molecule has 1 N–H and O–H groups in total. The molecule has 0 bridgehead atoms. The van der Waals surface area contributed by atoms with Crippen molar-refractivity contribution in [2.24, 2.45) is 11.8 Å². The van der Waals surface area contributed by atoms with Crippen LogP contribution in [0.25, 0.3) is 0 Å². The van der Waals surface area contributed by atoms with Gasteiger partial charge in [-0.3, -0.25) is 0 Å². The van der Waals surface area contributed by atoms with E-state index in [0.717, 1.165) is 24.8 Å². The number of hydrogen-bond donors (Lipinski definition) is 1. The van der Waals surface area contributed by atoms with Crippen molar-refractivity contribution in [1.29, 1.82) is 0 Å². The lowest BCUT2D eigenvalue weighted by Crippen LogP contribution is -2.38. The van der Waals surface area contributed by atoms with Crippen LogP contribution >= 0.6 is 0 Å². The van der Waals surface area contributed by atoms with Gasteiger partial charge in [0, 0.05) is 19.1 Å². The van der Waals surface area contributed by atoms with E-state index in [1.165, 1.54) is 31.9 Å². The molecular weight excluding hydrogens is 272 g/mol. The van der Waals surface area contributed by atoms with E-state index in [0.29, 0.717) is 19.1 Å². The summed E-state index contributed by atoms with van der Waals surface area (Å²) >= 11 is 0. The molecule has 0 heterocycles. The summed E-state index contributed by atoms with van der Waals surface area (Å²) in [5.74, 6) is 1.63. The van der Waals surface area contributed by atoms with Crippen molar-refractivity contribution in [3.05, 3.63) is 0 Å². The third-order valence-electron chi connectivity index (χ3n) is 4.50. The Morgan fingerprint density at radius 3 is 2.55 bits per heavy atom. The first-order valence-electron chi connectivity index (χ1n) is 8.03. The highest BCUT2D eigenvalue weighted by atomic mass is 32.2. The first-order chi connectivity index (χ1) is 9.34. The molecule has 120 valence electrons. The average molecular weight is 305 g/mol. The molecule has 0 radical (unpaired) electrons. The summed E-state index contributed by atoms with van der Waals surface area (Å²) < 4.78 is 24.5. The van der Waals surface area contributed by atoms with E-state index in [4.69, 9.17) is 0 Å². The number of nitrogens with zero attached hydrogens (tertiary/aromatic N) is 1. The average Bonchev–Trinajstić information content (AvgIpc) is 2.37. The van der Waals surface area contributed by atoms with Crippen LogP contribution in [0.4, 0.5) is 0 Å². The monoisotopic (exact) mass is 304 g/mol. The molecule has 0 aromatic carbocycles. The van der Waals surface area contributed by atoms with Crippen LogP contribution in [0.5, 0.6) is 0 Å². The predicted octanol–water partition coefficient (Wildman–Crippen LogP) is 2.46. The van der Waals surface area contributed by atoms with Crippen LogP contribution in [0.15, 0.2) is 0 Å². The maximum atomic E-state index is 11.5. The molecule has 1 aliphatic rings. The predicted molar refractivity (Wildman–Crippen MR) is 85.3 cm³/mol. The van der Waals surface area contributed by atoms with Gasteiger partial charge in [-0.25, -0.2) is 12.7 Å². The van der Waals surface area contributed by atoms with Crippen molar-refractivity contribution < 1.29 is 8.42 Å². The van der Waals surface area contributed by atoms with Crippen LogP contribution in [0.2, 0.25) is 0 Å². The van der Waals surface area contributed by atoms with E-state index >= 15 is 0 Å². The van der Waals surface area contributed by atoms with Gasteiger partial charge in [0.1, 0.15) is 0 Å². The highest BCUT2D eigenvalue weighted by Crippen LogP contribution is 2.29. The molecule has 20 heavy (non-hydrogen) atoms. The highest BCUT2D eigenvalue weighted by molar-refractivity contribution is 7.88. The first kappa shape index (κ1) is 17.9. The largest absolute Gasteiger partial charge is 0.314 e. The van der Waals surface area contributed by atoms with E-state index in [9.17, 15) is 8.42 Å². The van der Waals surface area contributed by atoms with Crippen molar-refractivity contribution in [2.45, 2.75) is 58.9 Å². The highest BCUT2D eigenvalue weighted by Gasteiger charge is 2.23. The standard InChI is InChI=1S/C15H32N2O2S/c1-5-17(20(4,18)19)11-7-10-16-15-9-6-8-14(12-15)13(2)3/h13-16H,5-12H2,1-4H3. The topological polar surface area (TPSA) is 49.4 Å². The van der Waals surface area contributed by atoms with Crippen molar-refractivity contribution >= 4 is 10.0 Å². The van der Waals surface area contributed by atoms with Gasteiger partial charge in [0.15, 0.2) is 0 Å². The normalized spacial score (nSPS) is 24.5. The van der Waals surface area contributed by atoms with E-state index in [-0.39, 0.29) is 0 Å². The van der Waals surface area contributed by atoms with Crippen LogP contribution in [0.3, 0.4) is 0 Å². The molecule has 0 aliphatic heterocycles. The molecular formula is C15H32N2O2S. The van der Waals surface area contributed by atoms with Crippen LogP contribution < -0.4 is 5.32 Å². The lowest BCUT2D eigenvalue weighted by molar-refractivity contribution is 0.230. The third kappa shape index (κ3) is 6.10. The zero-order valence-corrected chi connectivity index (χ0v) is 14.4. The van der Waals surface area contributed by atoms with Crippen molar-refractivity contribution in [1.82, 2.24) is 9.62 Å². The summed E-state index contributed by atoms with van der Waals surface area (Å²) in [4.78, 5) is 0. The van der Waals surface area contributed by atoms with Crippen molar-refractivity contribution in [3.8, 4) is 0 Å². The van der Waals surface area contributed by atoms with E-state index in [1.807, 2.05) is 6.92 Å². The molecule has 5 heteroatoms. The number of nitrogens with one attached hydrogen (secondary N) is 1. The van der Waals surface area contributed by atoms with Gasteiger partial charge < -0.3 is 5.32 Å². The minimum absolute atomic E-state index is 0.567. The Morgan fingerprint density at radius 1 is 1.30 bits per heavy atom. The van der Waals surface area contributed by atoms with E-state index in [1.54, 1.807) is 4.31 Å². The Bertz CT molecular complexity index is 368. The second kappa shape index (κ2) is 8.35. The Labute approximate surface area is 125 Å². The smallest absolute Gasteiger partial charge is 0.211 e. The summed E-state index contributed by atoms with van der Waals surface area (Å²) in [6.45, 7) is 8.64. The molecule has 0 aromatic heterocycles. The fourth-order valence-electron chi connectivity index (χ4n) is 3.14. The molecule has 0 amide bonds. The summed E-state index contributed by atoms with van der Waals surface area (Å²) in [6.07, 6.45) is 7.43. The van der Waals surface area contributed by atoms with Gasteiger partial charge in [-0.15, -0.1) is 0 Å². The second-order valence-electron chi connectivity index (χ2n) is 6.43. The number of rotatable bonds is 8. The van der Waals surface area contributed by atoms with Gasteiger partial charge in [0.25, 0.3) is 0 Å².